The molecule has 1 rings (SSSR count). The van der Waals surface area contributed by atoms with Crippen molar-refractivity contribution in [3.8, 4) is 0 Å². The van der Waals surface area contributed by atoms with Gasteiger partial charge in [-0.3, -0.25) is 0 Å². The molecule has 1 aliphatic carbocycles. The topological polar surface area (TPSA) is 0 Å². The third kappa shape index (κ3) is 0.956. The highest BCUT2D eigenvalue weighted by molar-refractivity contribution is 4.94. The fourth-order valence-electron chi connectivity index (χ4n) is 0.689. The van der Waals surface area contributed by atoms with Gasteiger partial charge in [-0.1, -0.05) is 0 Å². The number of rotatable bonds is 1. The van der Waals surface area contributed by atoms with Crippen LogP contribution >= 0.6 is 0 Å². The van der Waals surface area contributed by atoms with Crippen molar-refractivity contribution in [3.05, 3.63) is 0 Å². The molecule has 0 amide bonds. The van der Waals surface area contributed by atoms with E-state index in [0.717, 1.165) is 6.92 Å². The smallest absolute Gasteiger partial charge is 0.247 e. The van der Waals surface area contributed by atoms with Crippen molar-refractivity contribution in [2.45, 2.75) is 25.4 Å². The zero-order chi connectivity index (χ0) is 6.36. The standard InChI is InChI=1S/C5H7F3/c1-5(7,8)3-2-4(3)6/h3-4H,2H2,1H3. The summed E-state index contributed by atoms with van der Waals surface area (Å²) in [7, 11) is 0. The van der Waals surface area contributed by atoms with E-state index >= 15 is 0 Å². The predicted molar refractivity (Wildman–Crippen MR) is 23.6 cm³/mol. The van der Waals surface area contributed by atoms with Gasteiger partial charge in [0, 0.05) is 0 Å². The molecule has 0 spiro atoms. The fourth-order valence-corrected chi connectivity index (χ4v) is 0.689. The molecule has 8 heavy (non-hydrogen) atoms. The van der Waals surface area contributed by atoms with Crippen LogP contribution in [0.1, 0.15) is 13.3 Å². The van der Waals surface area contributed by atoms with E-state index in [9.17, 15) is 13.2 Å². The highest BCUT2D eigenvalue weighted by Crippen LogP contribution is 2.45. The molecule has 1 fully saturated rings. The quantitative estimate of drug-likeness (QED) is 0.501. The first-order chi connectivity index (χ1) is 3.52. The van der Waals surface area contributed by atoms with Gasteiger partial charge in [0.1, 0.15) is 6.17 Å². The van der Waals surface area contributed by atoms with Crippen molar-refractivity contribution in [1.82, 2.24) is 0 Å². The van der Waals surface area contributed by atoms with Crippen molar-refractivity contribution in [2.75, 3.05) is 0 Å². The molecule has 0 aromatic heterocycles. The summed E-state index contributed by atoms with van der Waals surface area (Å²) in [5.41, 5.74) is 0. The van der Waals surface area contributed by atoms with Gasteiger partial charge in [-0.2, -0.15) is 0 Å². The van der Waals surface area contributed by atoms with Crippen LogP contribution in [0, 0.1) is 5.92 Å². The Morgan fingerprint density at radius 1 is 1.50 bits per heavy atom. The van der Waals surface area contributed by atoms with Gasteiger partial charge in [-0.25, -0.2) is 13.2 Å². The number of halogens is 3. The molecule has 0 nitrogen and oxygen atoms in total. The monoisotopic (exact) mass is 124 g/mol. The third-order valence-corrected chi connectivity index (χ3v) is 1.36. The van der Waals surface area contributed by atoms with E-state index in [-0.39, 0.29) is 6.42 Å². The minimum Gasteiger partial charge on any atom is -0.247 e. The van der Waals surface area contributed by atoms with Crippen molar-refractivity contribution in [3.63, 3.8) is 0 Å². The molecule has 1 saturated carbocycles. The zero-order valence-corrected chi connectivity index (χ0v) is 4.50. The lowest BCUT2D eigenvalue weighted by Gasteiger charge is -2.05. The van der Waals surface area contributed by atoms with Crippen LogP contribution in [0.2, 0.25) is 0 Å². The maximum atomic E-state index is 11.9. The molecule has 48 valence electrons. The number of hydrogen-bond acceptors (Lipinski definition) is 0. The predicted octanol–water partition coefficient (Wildman–Crippen LogP) is 2.00. The summed E-state index contributed by atoms with van der Waals surface area (Å²) < 4.78 is 35.6. The molecular weight excluding hydrogens is 117 g/mol. The Kier molecular flexibility index (Phi) is 1.03. The molecule has 0 N–H and O–H groups in total. The SMILES string of the molecule is CC(F)(F)C1CC1F. The molecule has 0 aliphatic heterocycles. The van der Waals surface area contributed by atoms with Crippen LogP contribution in [0.5, 0.6) is 0 Å². The van der Waals surface area contributed by atoms with Gasteiger partial charge < -0.3 is 0 Å². The summed E-state index contributed by atoms with van der Waals surface area (Å²) >= 11 is 0. The Balaban J connectivity index is 2.39. The normalized spacial score (nSPS) is 37.5. The lowest BCUT2D eigenvalue weighted by molar-refractivity contribution is -0.00929. The van der Waals surface area contributed by atoms with E-state index < -0.39 is 18.0 Å². The minimum absolute atomic E-state index is 0.0451. The second kappa shape index (κ2) is 1.39. The van der Waals surface area contributed by atoms with E-state index in [2.05, 4.69) is 0 Å². The minimum atomic E-state index is -2.79. The molecule has 0 aromatic rings. The van der Waals surface area contributed by atoms with Gasteiger partial charge in [0.05, 0.1) is 5.92 Å². The van der Waals surface area contributed by atoms with Crippen LogP contribution in [-0.2, 0) is 0 Å². The van der Waals surface area contributed by atoms with E-state index in [4.69, 9.17) is 0 Å². The average molecular weight is 124 g/mol. The summed E-state index contributed by atoms with van der Waals surface area (Å²) in [5, 5.41) is 0. The maximum absolute atomic E-state index is 11.9. The Morgan fingerprint density at radius 2 is 1.88 bits per heavy atom. The fraction of sp³-hybridized carbons (Fsp3) is 1.00. The summed E-state index contributed by atoms with van der Waals surface area (Å²) in [6.07, 6.45) is -1.20. The largest absolute Gasteiger partial charge is 0.251 e. The highest BCUT2D eigenvalue weighted by atomic mass is 19.3. The second-order valence-electron chi connectivity index (χ2n) is 2.31. The third-order valence-electron chi connectivity index (χ3n) is 1.36. The Bertz CT molecular complexity index is 94.3. The number of alkyl halides is 3. The van der Waals surface area contributed by atoms with Crippen molar-refractivity contribution in [1.29, 1.82) is 0 Å². The molecule has 2 unspecified atom stereocenters. The van der Waals surface area contributed by atoms with Gasteiger partial charge in [0.25, 0.3) is 5.92 Å². The first kappa shape index (κ1) is 5.92. The van der Waals surface area contributed by atoms with Crippen molar-refractivity contribution < 1.29 is 13.2 Å². The average Bonchev–Trinajstić information content (AvgIpc) is 2.13. The first-order valence-corrected chi connectivity index (χ1v) is 2.53. The summed E-state index contributed by atoms with van der Waals surface area (Å²) in [4.78, 5) is 0. The summed E-state index contributed by atoms with van der Waals surface area (Å²) in [6, 6.07) is 0. The summed E-state index contributed by atoms with van der Waals surface area (Å²) in [6.45, 7) is 0.761. The van der Waals surface area contributed by atoms with Crippen LogP contribution in [0.3, 0.4) is 0 Å². The van der Waals surface area contributed by atoms with E-state index in [1.165, 1.54) is 0 Å². The van der Waals surface area contributed by atoms with Crippen LogP contribution < -0.4 is 0 Å². The molecule has 0 aromatic carbocycles. The van der Waals surface area contributed by atoms with Crippen molar-refractivity contribution >= 4 is 0 Å². The van der Waals surface area contributed by atoms with Gasteiger partial charge in [0.2, 0.25) is 0 Å². The Morgan fingerprint density at radius 3 is 1.88 bits per heavy atom. The van der Waals surface area contributed by atoms with Gasteiger partial charge >= 0.3 is 0 Å². The maximum Gasteiger partial charge on any atom is 0.251 e. The summed E-state index contributed by atoms with van der Waals surface area (Å²) in [5.74, 6) is -3.78. The molecule has 0 radical (unpaired) electrons. The lowest BCUT2D eigenvalue weighted by atomic mass is 10.2. The Hall–Kier alpha value is -0.210. The van der Waals surface area contributed by atoms with E-state index in [1.807, 2.05) is 0 Å². The molecule has 0 bridgehead atoms. The van der Waals surface area contributed by atoms with Crippen LogP contribution in [-0.4, -0.2) is 12.1 Å². The molecule has 0 saturated heterocycles. The first-order valence-electron chi connectivity index (χ1n) is 2.53. The van der Waals surface area contributed by atoms with Crippen LogP contribution in [0.25, 0.3) is 0 Å². The molecule has 1 aliphatic rings. The van der Waals surface area contributed by atoms with E-state index in [0.29, 0.717) is 0 Å². The molecule has 2 atom stereocenters. The van der Waals surface area contributed by atoms with E-state index in [1.54, 1.807) is 0 Å². The highest BCUT2D eigenvalue weighted by Gasteiger charge is 2.52. The van der Waals surface area contributed by atoms with Gasteiger partial charge in [-0.15, -0.1) is 0 Å². The molecule has 0 heterocycles. The second-order valence-corrected chi connectivity index (χ2v) is 2.31. The number of hydrogen-bond donors (Lipinski definition) is 0. The zero-order valence-electron chi connectivity index (χ0n) is 4.50. The van der Waals surface area contributed by atoms with Crippen molar-refractivity contribution in [2.24, 2.45) is 5.92 Å². The van der Waals surface area contributed by atoms with Gasteiger partial charge in [0.15, 0.2) is 0 Å². The lowest BCUT2D eigenvalue weighted by Crippen LogP contribution is -2.13. The van der Waals surface area contributed by atoms with Crippen LogP contribution in [0.4, 0.5) is 13.2 Å². The Labute approximate surface area is 45.7 Å². The molecule has 3 heteroatoms. The van der Waals surface area contributed by atoms with Crippen LogP contribution in [0.15, 0.2) is 0 Å². The molecular formula is C5H7F3. The van der Waals surface area contributed by atoms with Gasteiger partial charge in [-0.05, 0) is 13.3 Å².